The maximum Gasteiger partial charge on any atom is 0.316 e. The maximum atomic E-state index is 13.6. The average Bonchev–Trinajstić information content (AvgIpc) is 2.77. The molecule has 5 rings (SSSR count). The molecule has 35 heavy (non-hydrogen) atoms. The van der Waals surface area contributed by atoms with E-state index < -0.39 is 0 Å². The predicted molar refractivity (Wildman–Crippen MR) is 141 cm³/mol. The summed E-state index contributed by atoms with van der Waals surface area (Å²) in [6.07, 6.45) is 11.6. The summed E-state index contributed by atoms with van der Waals surface area (Å²) >= 11 is 0. The van der Waals surface area contributed by atoms with Crippen LogP contribution in [-0.4, -0.2) is 18.4 Å². The van der Waals surface area contributed by atoms with E-state index in [4.69, 9.17) is 4.74 Å². The Balaban J connectivity index is 1.62. The number of carbonyl (C=O) groups is 2. The summed E-state index contributed by atoms with van der Waals surface area (Å²) in [5, 5.41) is 0. The van der Waals surface area contributed by atoms with Crippen molar-refractivity contribution in [2.75, 3.05) is 6.61 Å². The summed E-state index contributed by atoms with van der Waals surface area (Å²) in [6.45, 7) is 19.4. The molecule has 196 valence electrons. The van der Waals surface area contributed by atoms with Gasteiger partial charge >= 0.3 is 5.97 Å². The first-order chi connectivity index (χ1) is 16.2. The first kappa shape index (κ1) is 25.5. The number of ketones is 1. The Morgan fingerprint density at radius 1 is 0.829 bits per heavy atom. The van der Waals surface area contributed by atoms with Crippen LogP contribution in [0.25, 0.3) is 0 Å². The first-order valence-electron chi connectivity index (χ1n) is 14.6. The van der Waals surface area contributed by atoms with Crippen molar-refractivity contribution in [1.82, 2.24) is 0 Å². The van der Waals surface area contributed by atoms with Gasteiger partial charge in [0, 0.05) is 11.8 Å². The zero-order valence-corrected chi connectivity index (χ0v) is 23.9. The highest BCUT2D eigenvalue weighted by atomic mass is 16.5. The Hall–Kier alpha value is -1.12. The molecule has 4 saturated carbocycles. The minimum Gasteiger partial charge on any atom is -0.465 e. The van der Waals surface area contributed by atoms with Crippen LogP contribution < -0.4 is 0 Å². The standard InChI is InChI=1S/C32H50O3/c1-9-35-26(34)32-18-16-27(2,3)20-22(32)21-10-11-24-29(6)14-13-25(33)28(4,5)23(29)12-15-31(24,8)30(21,7)17-19-32/h23-24H,9-20H2,1-8H3/t23?,24?,29-,30+,31+,32-/m0/s1. The average molecular weight is 483 g/mol. The van der Waals surface area contributed by atoms with Crippen molar-refractivity contribution in [3.05, 3.63) is 11.1 Å². The minimum atomic E-state index is -0.385. The third-order valence-electron chi connectivity index (χ3n) is 12.9. The van der Waals surface area contributed by atoms with Crippen LogP contribution in [0.15, 0.2) is 11.1 Å². The zero-order valence-electron chi connectivity index (χ0n) is 23.9. The number of hydrogen-bond donors (Lipinski definition) is 0. The van der Waals surface area contributed by atoms with Gasteiger partial charge in [0.1, 0.15) is 5.78 Å². The number of esters is 1. The van der Waals surface area contributed by atoms with E-state index in [0.717, 1.165) is 57.8 Å². The molecule has 3 nitrogen and oxygen atoms in total. The number of rotatable bonds is 2. The Morgan fingerprint density at radius 2 is 1.51 bits per heavy atom. The third kappa shape index (κ3) is 3.21. The van der Waals surface area contributed by atoms with Gasteiger partial charge in [0.05, 0.1) is 12.0 Å². The van der Waals surface area contributed by atoms with E-state index in [-0.39, 0.29) is 38.5 Å². The quantitative estimate of drug-likeness (QED) is 0.295. The van der Waals surface area contributed by atoms with Crippen molar-refractivity contribution in [2.45, 2.75) is 126 Å². The molecule has 0 radical (unpaired) electrons. The van der Waals surface area contributed by atoms with Gasteiger partial charge in [0.25, 0.3) is 0 Å². The summed E-state index contributed by atoms with van der Waals surface area (Å²) in [4.78, 5) is 26.5. The second-order valence-electron chi connectivity index (χ2n) is 15.2. The molecule has 5 aliphatic rings. The second kappa shape index (κ2) is 7.70. The van der Waals surface area contributed by atoms with Crippen molar-refractivity contribution in [3.63, 3.8) is 0 Å². The number of Topliss-reactive ketones (excluding diaryl/α,β-unsaturated/α-hetero) is 1. The smallest absolute Gasteiger partial charge is 0.316 e. The lowest BCUT2D eigenvalue weighted by atomic mass is 9.34. The summed E-state index contributed by atoms with van der Waals surface area (Å²) in [7, 11) is 0. The number of hydrogen-bond acceptors (Lipinski definition) is 3. The molecule has 0 bridgehead atoms. The molecule has 6 atom stereocenters. The van der Waals surface area contributed by atoms with Gasteiger partial charge in [0.2, 0.25) is 0 Å². The maximum absolute atomic E-state index is 13.6. The summed E-state index contributed by atoms with van der Waals surface area (Å²) in [5.74, 6) is 1.66. The fourth-order valence-corrected chi connectivity index (χ4v) is 10.7. The van der Waals surface area contributed by atoms with Crippen LogP contribution in [-0.2, 0) is 14.3 Å². The molecule has 4 fully saturated rings. The first-order valence-corrected chi connectivity index (χ1v) is 14.6. The molecule has 0 aromatic rings. The van der Waals surface area contributed by atoms with E-state index in [1.54, 1.807) is 5.57 Å². The molecule has 3 heteroatoms. The van der Waals surface area contributed by atoms with Crippen molar-refractivity contribution in [3.8, 4) is 0 Å². The van der Waals surface area contributed by atoms with Gasteiger partial charge < -0.3 is 4.74 Å². The van der Waals surface area contributed by atoms with Crippen LogP contribution in [0.4, 0.5) is 0 Å². The largest absolute Gasteiger partial charge is 0.465 e. The molecule has 0 aliphatic heterocycles. The number of fused-ring (bicyclic) bond motifs is 6. The second-order valence-corrected chi connectivity index (χ2v) is 15.2. The van der Waals surface area contributed by atoms with Gasteiger partial charge in [-0.15, -0.1) is 0 Å². The minimum absolute atomic E-state index is 0.0514. The Labute approximate surface area is 214 Å². The van der Waals surface area contributed by atoms with Gasteiger partial charge in [-0.2, -0.15) is 0 Å². The SMILES string of the molecule is CCOC(=O)[C@]12CCC(C)(C)CC1=C1CCC3[C@@]4(C)CCC(=O)C(C)(C)C4CC[C@@]3(C)[C@]1(C)CC2. The highest BCUT2D eigenvalue weighted by Crippen LogP contribution is 2.75. The number of allylic oxidation sites excluding steroid dienone is 1. The molecule has 0 aromatic carbocycles. The molecule has 5 aliphatic carbocycles. The highest BCUT2D eigenvalue weighted by Gasteiger charge is 2.68. The van der Waals surface area contributed by atoms with Crippen molar-refractivity contribution >= 4 is 11.8 Å². The van der Waals surface area contributed by atoms with E-state index in [0.29, 0.717) is 24.2 Å². The third-order valence-corrected chi connectivity index (χ3v) is 12.9. The molecule has 2 unspecified atom stereocenters. The fraction of sp³-hybridized carbons (Fsp3) is 0.875. The summed E-state index contributed by atoms with van der Waals surface area (Å²) in [5.41, 5.74) is 3.35. The van der Waals surface area contributed by atoms with Crippen LogP contribution in [0, 0.1) is 44.3 Å². The lowest BCUT2D eigenvalue weighted by Gasteiger charge is -2.70. The Kier molecular flexibility index (Phi) is 5.62. The van der Waals surface area contributed by atoms with Gasteiger partial charge in [-0.1, -0.05) is 59.6 Å². The van der Waals surface area contributed by atoms with E-state index in [1.165, 1.54) is 18.4 Å². The van der Waals surface area contributed by atoms with Crippen molar-refractivity contribution < 1.29 is 14.3 Å². The fourth-order valence-electron chi connectivity index (χ4n) is 10.7. The van der Waals surface area contributed by atoms with Crippen LogP contribution in [0.3, 0.4) is 0 Å². The van der Waals surface area contributed by atoms with Crippen LogP contribution >= 0.6 is 0 Å². The zero-order chi connectivity index (χ0) is 25.7. The van der Waals surface area contributed by atoms with Gasteiger partial charge in [-0.05, 0) is 105 Å². The molecule has 0 saturated heterocycles. The van der Waals surface area contributed by atoms with Crippen LogP contribution in [0.5, 0.6) is 0 Å². The van der Waals surface area contributed by atoms with Gasteiger partial charge in [0.15, 0.2) is 0 Å². The molecule has 0 N–H and O–H groups in total. The Morgan fingerprint density at radius 3 is 2.20 bits per heavy atom. The molecule has 0 heterocycles. The van der Waals surface area contributed by atoms with E-state index in [2.05, 4.69) is 48.5 Å². The molecule has 0 aromatic heterocycles. The molecule has 0 spiro atoms. The topological polar surface area (TPSA) is 43.4 Å². The molecular weight excluding hydrogens is 432 g/mol. The number of ether oxygens (including phenoxy) is 1. The lowest BCUT2D eigenvalue weighted by Crippen LogP contribution is -2.63. The van der Waals surface area contributed by atoms with E-state index in [9.17, 15) is 9.59 Å². The van der Waals surface area contributed by atoms with E-state index in [1.807, 2.05) is 6.92 Å². The molecular formula is C32H50O3. The predicted octanol–water partition coefficient (Wildman–Crippen LogP) is 8.06. The van der Waals surface area contributed by atoms with Crippen molar-refractivity contribution in [1.29, 1.82) is 0 Å². The summed E-state index contributed by atoms with van der Waals surface area (Å²) in [6, 6.07) is 0. The van der Waals surface area contributed by atoms with Gasteiger partial charge in [-0.3, -0.25) is 9.59 Å². The number of carbonyl (C=O) groups excluding carboxylic acids is 2. The highest BCUT2D eigenvalue weighted by molar-refractivity contribution is 5.85. The lowest BCUT2D eigenvalue weighted by molar-refractivity contribution is -0.186. The van der Waals surface area contributed by atoms with E-state index >= 15 is 0 Å². The summed E-state index contributed by atoms with van der Waals surface area (Å²) < 4.78 is 5.77. The van der Waals surface area contributed by atoms with Crippen LogP contribution in [0.2, 0.25) is 0 Å². The normalized spacial score (nSPS) is 46.1. The van der Waals surface area contributed by atoms with Crippen LogP contribution in [0.1, 0.15) is 126 Å². The van der Waals surface area contributed by atoms with Gasteiger partial charge in [-0.25, -0.2) is 0 Å². The Bertz CT molecular complexity index is 971. The monoisotopic (exact) mass is 482 g/mol. The van der Waals surface area contributed by atoms with Crippen molar-refractivity contribution in [2.24, 2.45) is 44.3 Å². The molecule has 0 amide bonds.